The molecule has 0 radical (unpaired) electrons. The maximum Gasteiger partial charge on any atom is 0.274 e. The molecule has 2 amide bonds. The van der Waals surface area contributed by atoms with Crippen molar-refractivity contribution in [1.29, 1.82) is 0 Å². The van der Waals surface area contributed by atoms with Gasteiger partial charge >= 0.3 is 0 Å². The minimum atomic E-state index is -0.262. The van der Waals surface area contributed by atoms with Gasteiger partial charge in [-0.1, -0.05) is 24.3 Å². The molecule has 4 aromatic rings. The van der Waals surface area contributed by atoms with Crippen LogP contribution in [-0.4, -0.2) is 62.4 Å². The molecular formula is C26H26FN5O2S. The zero-order chi connectivity index (χ0) is 24.4. The van der Waals surface area contributed by atoms with Crippen LogP contribution < -0.4 is 0 Å². The second-order valence-corrected chi connectivity index (χ2v) is 9.79. The molecule has 1 aliphatic heterocycles. The van der Waals surface area contributed by atoms with Gasteiger partial charge in [-0.25, -0.2) is 13.9 Å². The first-order valence-electron chi connectivity index (χ1n) is 11.6. The van der Waals surface area contributed by atoms with E-state index in [2.05, 4.69) is 10.1 Å². The largest absolute Gasteiger partial charge is 0.337 e. The number of halogens is 1. The topological polar surface area (TPSA) is 70.8 Å². The lowest BCUT2D eigenvalue weighted by Crippen LogP contribution is -2.48. The number of amides is 2. The van der Waals surface area contributed by atoms with Crippen molar-refractivity contribution in [3.8, 4) is 0 Å². The number of rotatable bonds is 6. The molecule has 1 aliphatic rings. The second kappa shape index (κ2) is 9.95. The Labute approximate surface area is 206 Å². The highest BCUT2D eigenvalue weighted by molar-refractivity contribution is 7.12. The number of nitrogens with zero attached hydrogens (tertiary/aromatic N) is 5. The first-order valence-corrected chi connectivity index (χ1v) is 12.5. The summed E-state index contributed by atoms with van der Waals surface area (Å²) in [5.74, 6) is -0.308. The van der Waals surface area contributed by atoms with Crippen molar-refractivity contribution in [3.63, 3.8) is 0 Å². The molecule has 35 heavy (non-hydrogen) atoms. The summed E-state index contributed by atoms with van der Waals surface area (Å²) in [6.45, 7) is 1.11. The molecular weight excluding hydrogens is 465 g/mol. The molecule has 1 unspecified atom stereocenters. The predicted octanol–water partition coefficient (Wildman–Crippen LogP) is 4.17. The summed E-state index contributed by atoms with van der Waals surface area (Å²) in [5, 5.41) is 6.24. The van der Waals surface area contributed by atoms with Crippen LogP contribution in [0.4, 0.5) is 4.39 Å². The zero-order valence-corrected chi connectivity index (χ0v) is 20.2. The minimum absolute atomic E-state index is 0.0583. The molecule has 9 heteroatoms. The van der Waals surface area contributed by atoms with Crippen LogP contribution in [0.25, 0.3) is 5.65 Å². The van der Waals surface area contributed by atoms with E-state index in [0.717, 1.165) is 12.8 Å². The Bertz CT molecular complexity index is 1300. The van der Waals surface area contributed by atoms with Crippen molar-refractivity contribution in [1.82, 2.24) is 24.4 Å². The predicted molar refractivity (Wildman–Crippen MR) is 132 cm³/mol. The monoisotopic (exact) mass is 491 g/mol. The van der Waals surface area contributed by atoms with Crippen molar-refractivity contribution in [2.75, 3.05) is 20.1 Å². The van der Waals surface area contributed by atoms with Crippen LogP contribution in [0.15, 0.2) is 66.3 Å². The van der Waals surface area contributed by atoms with Crippen molar-refractivity contribution < 1.29 is 14.0 Å². The van der Waals surface area contributed by atoms with Crippen LogP contribution in [0.5, 0.6) is 0 Å². The molecule has 1 atom stereocenters. The molecule has 180 valence electrons. The van der Waals surface area contributed by atoms with Gasteiger partial charge in [0.1, 0.15) is 5.82 Å². The van der Waals surface area contributed by atoms with Gasteiger partial charge in [-0.15, -0.1) is 11.3 Å². The normalized spacial score (nSPS) is 15.3. The lowest BCUT2D eigenvalue weighted by atomic mass is 9.84. The van der Waals surface area contributed by atoms with E-state index >= 15 is 0 Å². The molecule has 3 aromatic heterocycles. The highest BCUT2D eigenvalue weighted by Gasteiger charge is 2.34. The summed E-state index contributed by atoms with van der Waals surface area (Å²) in [7, 11) is 1.80. The fourth-order valence-electron chi connectivity index (χ4n) is 4.82. The van der Waals surface area contributed by atoms with Gasteiger partial charge in [0, 0.05) is 44.6 Å². The van der Waals surface area contributed by atoms with Gasteiger partial charge in [-0.2, -0.15) is 5.10 Å². The summed E-state index contributed by atoms with van der Waals surface area (Å²) in [4.78, 5) is 34.7. The van der Waals surface area contributed by atoms with Crippen molar-refractivity contribution in [3.05, 3.63) is 88.3 Å². The lowest BCUT2D eigenvalue weighted by molar-refractivity contribution is 0.0521. The molecule has 5 rings (SSSR count). The first-order chi connectivity index (χ1) is 17.0. The molecule has 0 spiro atoms. The molecule has 1 fully saturated rings. The van der Waals surface area contributed by atoms with Crippen LogP contribution >= 0.6 is 11.3 Å². The number of carbonyl (C=O) groups is 2. The van der Waals surface area contributed by atoms with E-state index in [1.54, 1.807) is 58.0 Å². The molecule has 0 aliphatic carbocycles. The zero-order valence-electron chi connectivity index (χ0n) is 19.4. The highest BCUT2D eigenvalue weighted by atomic mass is 32.1. The number of hydrogen-bond acceptors (Lipinski definition) is 5. The Kier molecular flexibility index (Phi) is 6.59. The molecule has 4 heterocycles. The van der Waals surface area contributed by atoms with Gasteiger partial charge < -0.3 is 9.80 Å². The van der Waals surface area contributed by atoms with Gasteiger partial charge in [0.15, 0.2) is 11.3 Å². The number of aromatic nitrogens is 3. The summed E-state index contributed by atoms with van der Waals surface area (Å²) in [6.07, 6.45) is 5.30. The van der Waals surface area contributed by atoms with Crippen LogP contribution in [0.3, 0.4) is 0 Å². The van der Waals surface area contributed by atoms with Gasteiger partial charge in [-0.05, 0) is 54.3 Å². The van der Waals surface area contributed by atoms with Crippen molar-refractivity contribution >= 4 is 28.8 Å². The average Bonchev–Trinajstić information content (AvgIpc) is 3.57. The van der Waals surface area contributed by atoms with Crippen LogP contribution in [-0.2, 0) is 6.42 Å². The Morgan fingerprint density at radius 2 is 1.97 bits per heavy atom. The van der Waals surface area contributed by atoms with Gasteiger partial charge in [0.2, 0.25) is 0 Å². The Balaban J connectivity index is 1.32. The van der Waals surface area contributed by atoms with E-state index in [9.17, 15) is 14.0 Å². The number of carbonyl (C=O) groups excluding carboxylic acids is 2. The highest BCUT2D eigenvalue weighted by Crippen LogP contribution is 2.29. The standard InChI is InChI=1S/C26H26FN5O2S/c1-30(26(34)23-8-4-15-35-23)22(16-19-6-2-3-7-20(19)27)18-9-13-31(14-10-18)25(33)21-17-24-28-11-5-12-32(24)29-21/h2-8,11-12,15,17-18,22H,9-10,13-14,16H2,1H3. The first kappa shape index (κ1) is 23.2. The van der Waals surface area contributed by atoms with Crippen LogP contribution in [0.2, 0.25) is 0 Å². The molecule has 7 nitrogen and oxygen atoms in total. The third kappa shape index (κ3) is 4.81. The van der Waals surface area contributed by atoms with E-state index in [0.29, 0.717) is 41.3 Å². The number of hydrogen-bond donors (Lipinski definition) is 0. The summed E-state index contributed by atoms with van der Waals surface area (Å²) in [5.41, 5.74) is 1.60. The number of benzene rings is 1. The molecule has 1 saturated heterocycles. The average molecular weight is 492 g/mol. The van der Waals surface area contributed by atoms with Crippen molar-refractivity contribution in [2.24, 2.45) is 5.92 Å². The van der Waals surface area contributed by atoms with Gasteiger partial charge in [0.25, 0.3) is 11.8 Å². The van der Waals surface area contributed by atoms with Crippen LogP contribution in [0, 0.1) is 11.7 Å². The molecule has 1 aromatic carbocycles. The number of piperidine rings is 1. The Hall–Kier alpha value is -3.59. The number of thiophene rings is 1. The lowest BCUT2D eigenvalue weighted by Gasteiger charge is -2.40. The van der Waals surface area contributed by atoms with E-state index in [1.807, 2.05) is 23.6 Å². The maximum atomic E-state index is 14.5. The third-order valence-corrected chi connectivity index (χ3v) is 7.62. The SMILES string of the molecule is CN(C(=O)c1cccs1)C(Cc1ccccc1F)C1CCN(C(=O)c2cc3ncccn3n2)CC1. The van der Waals surface area contributed by atoms with E-state index in [1.165, 1.54) is 17.4 Å². The summed E-state index contributed by atoms with van der Waals surface area (Å²) in [6, 6.07) is 13.7. The molecule has 0 bridgehead atoms. The van der Waals surface area contributed by atoms with Gasteiger partial charge in [0.05, 0.1) is 4.88 Å². The fraction of sp³-hybridized carbons (Fsp3) is 0.308. The Morgan fingerprint density at radius 3 is 2.69 bits per heavy atom. The smallest absolute Gasteiger partial charge is 0.274 e. The molecule has 0 saturated carbocycles. The van der Waals surface area contributed by atoms with Crippen LogP contribution in [0.1, 0.15) is 38.6 Å². The number of likely N-dealkylation sites (N-methyl/N-ethyl adjacent to an activating group) is 1. The maximum absolute atomic E-state index is 14.5. The summed E-state index contributed by atoms with van der Waals surface area (Å²) < 4.78 is 16.1. The quantitative estimate of drug-likeness (QED) is 0.406. The van der Waals surface area contributed by atoms with E-state index in [4.69, 9.17) is 0 Å². The summed E-state index contributed by atoms with van der Waals surface area (Å²) >= 11 is 1.40. The molecule has 0 N–H and O–H groups in total. The van der Waals surface area contributed by atoms with Crippen molar-refractivity contribution in [2.45, 2.75) is 25.3 Å². The second-order valence-electron chi connectivity index (χ2n) is 8.84. The number of fused-ring (bicyclic) bond motifs is 1. The third-order valence-electron chi connectivity index (χ3n) is 6.76. The Morgan fingerprint density at radius 1 is 1.17 bits per heavy atom. The van der Waals surface area contributed by atoms with E-state index in [-0.39, 0.29) is 29.6 Å². The minimum Gasteiger partial charge on any atom is -0.337 e. The number of likely N-dealkylation sites (tertiary alicyclic amines) is 1. The van der Waals surface area contributed by atoms with E-state index < -0.39 is 0 Å². The fourth-order valence-corrected chi connectivity index (χ4v) is 5.52. The van der Waals surface area contributed by atoms with Gasteiger partial charge in [-0.3, -0.25) is 9.59 Å².